The fourth-order valence-corrected chi connectivity index (χ4v) is 2.88. The number of hydrogen-bond donors (Lipinski definition) is 2. The average molecular weight is 247 g/mol. The summed E-state index contributed by atoms with van der Waals surface area (Å²) in [5.74, 6) is 0.146. The van der Waals surface area contributed by atoms with Crippen molar-refractivity contribution < 1.29 is 9.90 Å². The molecule has 0 saturated heterocycles. The summed E-state index contributed by atoms with van der Waals surface area (Å²) in [6, 6.07) is 9.15. The number of nitrogens with one attached hydrogen (secondary N) is 1. The Morgan fingerprint density at radius 3 is 2.67 bits per heavy atom. The molecule has 2 N–H and O–H groups in total. The highest BCUT2D eigenvalue weighted by Gasteiger charge is 2.31. The molecule has 2 rings (SSSR count). The van der Waals surface area contributed by atoms with E-state index in [0.29, 0.717) is 5.92 Å². The minimum atomic E-state index is -0.738. The van der Waals surface area contributed by atoms with E-state index in [4.69, 9.17) is 0 Å². The molecule has 0 bridgehead atoms. The number of carbonyl (C=O) groups is 1. The van der Waals surface area contributed by atoms with Gasteiger partial charge in [-0.15, -0.1) is 0 Å². The highest BCUT2D eigenvalue weighted by Crippen LogP contribution is 2.32. The highest BCUT2D eigenvalue weighted by molar-refractivity contribution is 5.77. The van der Waals surface area contributed by atoms with Gasteiger partial charge >= 0.3 is 5.97 Å². The van der Waals surface area contributed by atoms with Crippen molar-refractivity contribution in [2.45, 2.75) is 38.6 Å². The second-order valence-electron chi connectivity index (χ2n) is 5.36. The molecule has 1 aliphatic carbocycles. The van der Waals surface area contributed by atoms with E-state index in [-0.39, 0.29) is 5.92 Å². The molecule has 3 atom stereocenters. The van der Waals surface area contributed by atoms with Crippen LogP contribution in [0.25, 0.3) is 0 Å². The van der Waals surface area contributed by atoms with Crippen LogP contribution < -0.4 is 5.32 Å². The van der Waals surface area contributed by atoms with Crippen LogP contribution in [0.2, 0.25) is 0 Å². The lowest BCUT2D eigenvalue weighted by Crippen LogP contribution is -2.39. The van der Waals surface area contributed by atoms with Gasteiger partial charge in [0.15, 0.2) is 0 Å². The van der Waals surface area contributed by atoms with Crippen molar-refractivity contribution >= 4 is 11.7 Å². The van der Waals surface area contributed by atoms with E-state index in [1.807, 2.05) is 30.3 Å². The van der Waals surface area contributed by atoms with Gasteiger partial charge in [0.2, 0.25) is 0 Å². The highest BCUT2D eigenvalue weighted by atomic mass is 16.4. The first-order valence-electron chi connectivity index (χ1n) is 6.71. The Labute approximate surface area is 108 Å². The summed E-state index contributed by atoms with van der Waals surface area (Å²) in [7, 11) is 0. The van der Waals surface area contributed by atoms with E-state index in [0.717, 1.165) is 24.9 Å². The molecule has 98 valence electrons. The van der Waals surface area contributed by atoms with Crippen LogP contribution in [0.4, 0.5) is 5.69 Å². The number of carboxylic acid groups (broad SMARTS) is 1. The van der Waals surface area contributed by atoms with E-state index >= 15 is 0 Å². The maximum Gasteiger partial charge on any atom is 0.326 e. The molecule has 18 heavy (non-hydrogen) atoms. The third-order valence-corrected chi connectivity index (χ3v) is 3.81. The van der Waals surface area contributed by atoms with Crippen LogP contribution in [0.5, 0.6) is 0 Å². The van der Waals surface area contributed by atoms with Crippen LogP contribution in [0, 0.1) is 11.8 Å². The van der Waals surface area contributed by atoms with E-state index in [2.05, 4.69) is 12.2 Å². The number of para-hydroxylation sites is 1. The zero-order valence-corrected chi connectivity index (χ0v) is 10.8. The number of hydrogen-bond acceptors (Lipinski definition) is 2. The molecule has 3 nitrogen and oxygen atoms in total. The number of aliphatic carboxylic acids is 1. The maximum absolute atomic E-state index is 11.4. The quantitative estimate of drug-likeness (QED) is 0.857. The topological polar surface area (TPSA) is 49.3 Å². The van der Waals surface area contributed by atoms with Crippen LogP contribution in [0.3, 0.4) is 0 Å². The Balaban J connectivity index is 2.06. The number of benzene rings is 1. The van der Waals surface area contributed by atoms with E-state index in [1.54, 1.807) is 0 Å². The predicted octanol–water partition coefficient (Wildman–Crippen LogP) is 3.38. The van der Waals surface area contributed by atoms with Crippen LogP contribution >= 0.6 is 0 Å². The lowest BCUT2D eigenvalue weighted by atomic mass is 9.78. The van der Waals surface area contributed by atoms with Gasteiger partial charge in [-0.25, -0.2) is 4.79 Å². The second kappa shape index (κ2) is 5.89. The first-order valence-corrected chi connectivity index (χ1v) is 6.71. The van der Waals surface area contributed by atoms with E-state index in [1.165, 1.54) is 6.42 Å². The van der Waals surface area contributed by atoms with Crippen molar-refractivity contribution in [2.75, 3.05) is 5.32 Å². The summed E-state index contributed by atoms with van der Waals surface area (Å²) in [6.07, 6.45) is 4.40. The number of carboxylic acids is 1. The van der Waals surface area contributed by atoms with Gasteiger partial charge in [-0.2, -0.15) is 0 Å². The average Bonchev–Trinajstić information content (AvgIpc) is 2.37. The second-order valence-corrected chi connectivity index (χ2v) is 5.36. The molecule has 1 aromatic carbocycles. The summed E-state index contributed by atoms with van der Waals surface area (Å²) in [4.78, 5) is 11.4. The van der Waals surface area contributed by atoms with Crippen LogP contribution in [-0.2, 0) is 4.79 Å². The van der Waals surface area contributed by atoms with Crippen molar-refractivity contribution in [2.24, 2.45) is 11.8 Å². The summed E-state index contributed by atoms with van der Waals surface area (Å²) < 4.78 is 0. The molecular formula is C15H21NO2. The predicted molar refractivity (Wildman–Crippen MR) is 72.6 cm³/mol. The van der Waals surface area contributed by atoms with Crippen molar-refractivity contribution in [1.82, 2.24) is 0 Å². The van der Waals surface area contributed by atoms with E-state index in [9.17, 15) is 9.90 Å². The molecule has 1 aliphatic rings. The Morgan fingerprint density at radius 1 is 1.33 bits per heavy atom. The molecule has 0 radical (unpaired) electrons. The SMILES string of the molecule is CC1CCCC(C(Nc2ccccc2)C(=O)O)C1. The Bertz CT molecular complexity index is 391. The summed E-state index contributed by atoms with van der Waals surface area (Å²) in [6.45, 7) is 2.22. The minimum absolute atomic E-state index is 0.242. The monoisotopic (exact) mass is 247 g/mol. The largest absolute Gasteiger partial charge is 0.480 e. The summed E-state index contributed by atoms with van der Waals surface area (Å²) >= 11 is 0. The number of rotatable bonds is 4. The van der Waals surface area contributed by atoms with Gasteiger partial charge in [-0.05, 0) is 36.8 Å². The molecule has 3 unspecified atom stereocenters. The third kappa shape index (κ3) is 3.25. The third-order valence-electron chi connectivity index (χ3n) is 3.81. The molecule has 0 heterocycles. The molecule has 0 amide bonds. The van der Waals surface area contributed by atoms with Gasteiger partial charge < -0.3 is 10.4 Å². The molecule has 1 fully saturated rings. The molecule has 0 aromatic heterocycles. The number of anilines is 1. The zero-order valence-electron chi connectivity index (χ0n) is 10.8. The molecule has 0 aliphatic heterocycles. The molecule has 0 spiro atoms. The van der Waals surface area contributed by atoms with Crippen molar-refractivity contribution in [3.8, 4) is 0 Å². The van der Waals surface area contributed by atoms with Crippen molar-refractivity contribution in [1.29, 1.82) is 0 Å². The Morgan fingerprint density at radius 2 is 2.06 bits per heavy atom. The minimum Gasteiger partial charge on any atom is -0.480 e. The van der Waals surface area contributed by atoms with Crippen molar-refractivity contribution in [3.05, 3.63) is 30.3 Å². The molecule has 1 saturated carbocycles. The summed E-state index contributed by atoms with van der Waals surface area (Å²) in [5.41, 5.74) is 0.892. The lowest BCUT2D eigenvalue weighted by Gasteiger charge is -2.31. The normalized spacial score (nSPS) is 25.4. The van der Waals surface area contributed by atoms with Crippen LogP contribution in [0.1, 0.15) is 32.6 Å². The van der Waals surface area contributed by atoms with Gasteiger partial charge in [-0.1, -0.05) is 38.0 Å². The standard InChI is InChI=1S/C15H21NO2/c1-11-6-5-7-12(10-11)14(15(17)18)16-13-8-3-2-4-9-13/h2-4,8-9,11-12,14,16H,5-7,10H2,1H3,(H,17,18). The van der Waals surface area contributed by atoms with Crippen LogP contribution in [0.15, 0.2) is 30.3 Å². The molecule has 3 heteroatoms. The molecular weight excluding hydrogens is 226 g/mol. The smallest absolute Gasteiger partial charge is 0.326 e. The van der Waals surface area contributed by atoms with Gasteiger partial charge in [0.25, 0.3) is 0 Å². The van der Waals surface area contributed by atoms with Crippen molar-refractivity contribution in [3.63, 3.8) is 0 Å². The van der Waals surface area contributed by atoms with Crippen LogP contribution in [-0.4, -0.2) is 17.1 Å². The Kier molecular flexibility index (Phi) is 4.24. The Hall–Kier alpha value is -1.51. The first-order chi connectivity index (χ1) is 8.66. The van der Waals surface area contributed by atoms with E-state index < -0.39 is 12.0 Å². The first kappa shape index (κ1) is 12.9. The van der Waals surface area contributed by atoms with Gasteiger partial charge in [0.1, 0.15) is 6.04 Å². The maximum atomic E-state index is 11.4. The van der Waals surface area contributed by atoms with Gasteiger partial charge in [0, 0.05) is 5.69 Å². The van der Waals surface area contributed by atoms with Gasteiger partial charge in [-0.3, -0.25) is 0 Å². The fourth-order valence-electron chi connectivity index (χ4n) is 2.88. The molecule has 1 aromatic rings. The zero-order chi connectivity index (χ0) is 13.0. The lowest BCUT2D eigenvalue weighted by molar-refractivity contribution is -0.139. The summed E-state index contributed by atoms with van der Waals surface area (Å²) in [5, 5.41) is 12.6. The fraction of sp³-hybridized carbons (Fsp3) is 0.533. The van der Waals surface area contributed by atoms with Gasteiger partial charge in [0.05, 0.1) is 0 Å².